The van der Waals surface area contributed by atoms with Crippen molar-refractivity contribution in [3.05, 3.63) is 23.8 Å². The third-order valence-corrected chi connectivity index (χ3v) is 6.85. The van der Waals surface area contributed by atoms with Gasteiger partial charge < -0.3 is 14.8 Å². The zero-order valence-electron chi connectivity index (χ0n) is 16.4. The van der Waals surface area contributed by atoms with Crippen LogP contribution in [0.4, 0.5) is 0 Å². The minimum atomic E-state index is -3.73. The Labute approximate surface area is 162 Å². The summed E-state index contributed by atoms with van der Waals surface area (Å²) >= 11 is 0. The molecular weight excluding hydrogens is 368 g/mol. The van der Waals surface area contributed by atoms with Crippen molar-refractivity contribution in [2.75, 3.05) is 33.9 Å². The number of unbranched alkanes of at least 4 members (excludes halogenated alkanes) is 1. The van der Waals surface area contributed by atoms with Crippen molar-refractivity contribution in [3.8, 4) is 5.75 Å². The van der Waals surface area contributed by atoms with Crippen LogP contribution in [-0.2, 0) is 14.8 Å². The number of methoxy groups -OCH3 is 2. The van der Waals surface area contributed by atoms with E-state index in [9.17, 15) is 13.2 Å². The molecule has 1 aliphatic heterocycles. The summed E-state index contributed by atoms with van der Waals surface area (Å²) in [6.45, 7) is 3.57. The van der Waals surface area contributed by atoms with Crippen LogP contribution in [0.1, 0.15) is 49.4 Å². The van der Waals surface area contributed by atoms with Gasteiger partial charge >= 0.3 is 0 Å². The molecule has 27 heavy (non-hydrogen) atoms. The van der Waals surface area contributed by atoms with E-state index in [0.29, 0.717) is 25.3 Å². The van der Waals surface area contributed by atoms with Crippen LogP contribution in [-0.4, -0.2) is 58.6 Å². The molecule has 0 spiro atoms. The summed E-state index contributed by atoms with van der Waals surface area (Å²) < 4.78 is 38.1. The lowest BCUT2D eigenvalue weighted by Gasteiger charge is -2.32. The van der Waals surface area contributed by atoms with Gasteiger partial charge in [0.25, 0.3) is 5.91 Å². The second-order valence-electron chi connectivity index (χ2n) is 6.78. The van der Waals surface area contributed by atoms with Crippen molar-refractivity contribution in [2.45, 2.75) is 50.0 Å². The van der Waals surface area contributed by atoms with Gasteiger partial charge in [-0.15, -0.1) is 0 Å². The Bertz CT molecular complexity index is 736. The summed E-state index contributed by atoms with van der Waals surface area (Å²) in [7, 11) is -0.657. The maximum atomic E-state index is 13.2. The summed E-state index contributed by atoms with van der Waals surface area (Å²) in [6.07, 6.45) is 4.35. The monoisotopic (exact) mass is 398 g/mol. The number of carbonyl (C=O) groups excluding carboxylic acids is 1. The quantitative estimate of drug-likeness (QED) is 0.646. The van der Waals surface area contributed by atoms with Crippen LogP contribution >= 0.6 is 0 Å². The molecule has 0 aromatic heterocycles. The fourth-order valence-electron chi connectivity index (χ4n) is 3.25. The minimum Gasteiger partial charge on any atom is -0.495 e. The number of sulfonamides is 1. The molecular formula is C19H30N2O5S. The normalized spacial score (nSPS) is 18.3. The lowest BCUT2D eigenvalue weighted by atomic mass is 10.1. The number of rotatable bonds is 9. The number of carbonyl (C=O) groups is 1. The van der Waals surface area contributed by atoms with Gasteiger partial charge in [0.2, 0.25) is 10.0 Å². The summed E-state index contributed by atoms with van der Waals surface area (Å²) in [6, 6.07) is 4.48. The standard InChI is InChI=1S/C19H30N2O5S/c1-15-8-4-6-12-21(15)27(23,24)18-14-16(9-10-17(18)26-3)19(22)20-11-5-7-13-25-2/h9-10,14-15H,4-8,11-13H2,1-3H3,(H,20,22). The average Bonchev–Trinajstić information content (AvgIpc) is 2.67. The van der Waals surface area contributed by atoms with Crippen LogP contribution in [0.5, 0.6) is 5.75 Å². The molecule has 1 saturated heterocycles. The number of hydrogen-bond acceptors (Lipinski definition) is 5. The van der Waals surface area contributed by atoms with E-state index < -0.39 is 10.0 Å². The van der Waals surface area contributed by atoms with E-state index in [1.165, 1.54) is 17.5 Å². The van der Waals surface area contributed by atoms with E-state index in [2.05, 4.69) is 5.32 Å². The Morgan fingerprint density at radius 1 is 1.26 bits per heavy atom. The third kappa shape index (κ3) is 5.43. The second-order valence-corrected chi connectivity index (χ2v) is 8.64. The molecule has 0 saturated carbocycles. The molecule has 1 heterocycles. The lowest BCUT2D eigenvalue weighted by molar-refractivity contribution is 0.0951. The van der Waals surface area contributed by atoms with Crippen LogP contribution in [0.3, 0.4) is 0 Å². The summed E-state index contributed by atoms with van der Waals surface area (Å²) in [4.78, 5) is 12.5. The Morgan fingerprint density at radius 2 is 2.04 bits per heavy atom. The molecule has 0 bridgehead atoms. The van der Waals surface area contributed by atoms with E-state index in [-0.39, 0.29) is 22.6 Å². The number of nitrogens with zero attached hydrogens (tertiary/aromatic N) is 1. The van der Waals surface area contributed by atoms with E-state index in [4.69, 9.17) is 9.47 Å². The van der Waals surface area contributed by atoms with Crippen LogP contribution in [0.15, 0.2) is 23.1 Å². The number of ether oxygens (including phenoxy) is 2. The van der Waals surface area contributed by atoms with Gasteiger partial charge in [0.15, 0.2) is 0 Å². The van der Waals surface area contributed by atoms with Gasteiger partial charge in [-0.05, 0) is 50.8 Å². The zero-order chi connectivity index (χ0) is 19.9. The third-order valence-electron chi connectivity index (χ3n) is 4.82. The molecule has 0 aliphatic carbocycles. The Kier molecular flexibility index (Phi) is 8.07. The van der Waals surface area contributed by atoms with E-state index in [1.54, 1.807) is 19.2 Å². The van der Waals surface area contributed by atoms with Crippen molar-refractivity contribution >= 4 is 15.9 Å². The molecule has 1 aromatic rings. The molecule has 8 heteroatoms. The van der Waals surface area contributed by atoms with Crippen molar-refractivity contribution in [3.63, 3.8) is 0 Å². The Hall–Kier alpha value is -1.64. The maximum absolute atomic E-state index is 13.2. The molecule has 1 atom stereocenters. The molecule has 152 valence electrons. The first-order chi connectivity index (χ1) is 12.9. The second kappa shape index (κ2) is 10.1. The molecule has 1 aliphatic rings. The molecule has 2 rings (SSSR count). The van der Waals surface area contributed by atoms with Crippen LogP contribution in [0, 0.1) is 0 Å². The predicted molar refractivity (Wildman–Crippen MR) is 104 cm³/mol. The van der Waals surface area contributed by atoms with Crippen LogP contribution in [0.2, 0.25) is 0 Å². The number of hydrogen-bond donors (Lipinski definition) is 1. The first kappa shape index (κ1) is 21.7. The largest absolute Gasteiger partial charge is 0.495 e. The SMILES string of the molecule is COCCCCNC(=O)c1ccc(OC)c(S(=O)(=O)N2CCCCC2C)c1. The van der Waals surface area contributed by atoms with Gasteiger partial charge in [0.05, 0.1) is 7.11 Å². The highest BCUT2D eigenvalue weighted by molar-refractivity contribution is 7.89. The Morgan fingerprint density at radius 3 is 2.70 bits per heavy atom. The highest BCUT2D eigenvalue weighted by Crippen LogP contribution is 2.31. The van der Waals surface area contributed by atoms with Gasteiger partial charge in [-0.1, -0.05) is 6.42 Å². The maximum Gasteiger partial charge on any atom is 0.251 e. The van der Waals surface area contributed by atoms with Gasteiger partial charge in [-0.25, -0.2) is 8.42 Å². The van der Waals surface area contributed by atoms with Gasteiger partial charge in [0, 0.05) is 38.4 Å². The van der Waals surface area contributed by atoms with Crippen LogP contribution in [0.25, 0.3) is 0 Å². The molecule has 1 amide bonds. The fraction of sp³-hybridized carbons (Fsp3) is 0.632. The first-order valence-electron chi connectivity index (χ1n) is 9.39. The number of piperidine rings is 1. The Balaban J connectivity index is 2.20. The molecule has 1 N–H and O–H groups in total. The van der Waals surface area contributed by atoms with Gasteiger partial charge in [-0.2, -0.15) is 4.31 Å². The summed E-state index contributed by atoms with van der Waals surface area (Å²) in [5.74, 6) is -0.0392. The van der Waals surface area contributed by atoms with Gasteiger partial charge in [-0.3, -0.25) is 4.79 Å². The summed E-state index contributed by atoms with van der Waals surface area (Å²) in [5, 5.41) is 2.82. The molecule has 0 radical (unpaired) electrons. The smallest absolute Gasteiger partial charge is 0.251 e. The van der Waals surface area contributed by atoms with Crippen LogP contribution < -0.4 is 10.1 Å². The number of amides is 1. The lowest BCUT2D eigenvalue weighted by Crippen LogP contribution is -2.42. The van der Waals surface area contributed by atoms with E-state index in [0.717, 1.165) is 32.1 Å². The predicted octanol–water partition coefficient (Wildman–Crippen LogP) is 2.41. The van der Waals surface area contributed by atoms with E-state index in [1.807, 2.05) is 6.92 Å². The average molecular weight is 399 g/mol. The van der Waals surface area contributed by atoms with Crippen molar-refractivity contribution < 1.29 is 22.7 Å². The molecule has 7 nitrogen and oxygen atoms in total. The minimum absolute atomic E-state index is 0.0470. The molecule has 1 fully saturated rings. The molecule has 1 aromatic carbocycles. The zero-order valence-corrected chi connectivity index (χ0v) is 17.2. The summed E-state index contributed by atoms with van der Waals surface area (Å²) in [5.41, 5.74) is 0.311. The van der Waals surface area contributed by atoms with Crippen molar-refractivity contribution in [1.82, 2.24) is 9.62 Å². The highest BCUT2D eigenvalue weighted by Gasteiger charge is 2.33. The number of nitrogens with one attached hydrogen (secondary N) is 1. The number of benzene rings is 1. The molecule has 1 unspecified atom stereocenters. The topological polar surface area (TPSA) is 84.9 Å². The van der Waals surface area contributed by atoms with E-state index >= 15 is 0 Å². The van der Waals surface area contributed by atoms with Gasteiger partial charge in [0.1, 0.15) is 10.6 Å². The van der Waals surface area contributed by atoms with Crippen molar-refractivity contribution in [2.24, 2.45) is 0 Å². The fourth-order valence-corrected chi connectivity index (χ4v) is 5.13. The first-order valence-corrected chi connectivity index (χ1v) is 10.8. The van der Waals surface area contributed by atoms with Crippen molar-refractivity contribution in [1.29, 1.82) is 0 Å². The highest BCUT2D eigenvalue weighted by atomic mass is 32.2.